The van der Waals surface area contributed by atoms with E-state index in [1.165, 1.54) is 16.8 Å². The van der Waals surface area contributed by atoms with Crippen LogP contribution in [-0.2, 0) is 0 Å². The van der Waals surface area contributed by atoms with E-state index in [-0.39, 0.29) is 0 Å². The molecule has 0 saturated carbocycles. The highest BCUT2D eigenvalue weighted by molar-refractivity contribution is 5.80. The fourth-order valence-corrected chi connectivity index (χ4v) is 1.88. The predicted molar refractivity (Wildman–Crippen MR) is 68.2 cm³/mol. The molecule has 1 rings (SSSR count). The molecule has 1 heteroatoms. The molecule has 1 unspecified atom stereocenters. The smallest absolute Gasteiger partial charge is 0.0434 e. The molecule has 0 bridgehead atoms. The number of aliphatic imine (C=N–C) groups is 1. The highest BCUT2D eigenvalue weighted by Crippen LogP contribution is 2.31. The van der Waals surface area contributed by atoms with E-state index in [0.717, 1.165) is 12.1 Å². The quantitative estimate of drug-likeness (QED) is 0.594. The van der Waals surface area contributed by atoms with Gasteiger partial charge in [-0.15, -0.1) is 0 Å². The number of allylic oxidation sites excluding steroid dienone is 5. The molecule has 0 aliphatic heterocycles. The molecule has 15 heavy (non-hydrogen) atoms. The Morgan fingerprint density at radius 2 is 2.00 bits per heavy atom. The zero-order valence-electron chi connectivity index (χ0n) is 10.5. The summed E-state index contributed by atoms with van der Waals surface area (Å²) < 4.78 is 0. The van der Waals surface area contributed by atoms with Crippen LogP contribution in [0.4, 0.5) is 0 Å². The van der Waals surface area contributed by atoms with Crippen molar-refractivity contribution in [1.29, 1.82) is 0 Å². The van der Waals surface area contributed by atoms with Crippen molar-refractivity contribution in [2.75, 3.05) is 0 Å². The van der Waals surface area contributed by atoms with Gasteiger partial charge in [-0.2, -0.15) is 0 Å². The molecule has 0 heterocycles. The van der Waals surface area contributed by atoms with Gasteiger partial charge in [-0.25, -0.2) is 0 Å². The lowest BCUT2D eigenvalue weighted by Gasteiger charge is -2.22. The average molecular weight is 203 g/mol. The molecule has 1 aliphatic rings. The van der Waals surface area contributed by atoms with Crippen LogP contribution in [-0.4, -0.2) is 5.71 Å². The van der Waals surface area contributed by atoms with E-state index in [2.05, 4.69) is 44.0 Å². The van der Waals surface area contributed by atoms with E-state index in [9.17, 15) is 0 Å². The molecule has 1 aliphatic carbocycles. The largest absolute Gasteiger partial charge is 0.263 e. The fraction of sp³-hybridized carbons (Fsp3) is 0.500. The summed E-state index contributed by atoms with van der Waals surface area (Å²) in [6, 6.07) is 0. The third kappa shape index (κ3) is 3.19. The predicted octanol–water partition coefficient (Wildman–Crippen LogP) is 4.28. The second-order valence-electron chi connectivity index (χ2n) is 4.45. The van der Waals surface area contributed by atoms with Crippen LogP contribution < -0.4 is 0 Å². The lowest BCUT2D eigenvalue weighted by Crippen LogP contribution is -2.09. The van der Waals surface area contributed by atoms with Crippen molar-refractivity contribution in [3.63, 3.8) is 0 Å². The summed E-state index contributed by atoms with van der Waals surface area (Å²) in [6.45, 7) is 10.5. The third-order valence-electron chi connectivity index (χ3n) is 2.71. The summed E-state index contributed by atoms with van der Waals surface area (Å²) >= 11 is 0. The molecule has 0 aromatic heterocycles. The summed E-state index contributed by atoms with van der Waals surface area (Å²) in [5.41, 5.74) is 5.19. The Kier molecular flexibility index (Phi) is 4.07. The maximum atomic E-state index is 4.61. The van der Waals surface area contributed by atoms with Crippen molar-refractivity contribution >= 4 is 5.71 Å². The Hall–Kier alpha value is -1.11. The summed E-state index contributed by atoms with van der Waals surface area (Å²) in [4.78, 5) is 4.61. The van der Waals surface area contributed by atoms with E-state index < -0.39 is 0 Å². The average Bonchev–Trinajstić information content (AvgIpc) is 2.18. The van der Waals surface area contributed by atoms with Crippen LogP contribution >= 0.6 is 0 Å². The number of hydrogen-bond donors (Lipinski definition) is 0. The van der Waals surface area contributed by atoms with Crippen molar-refractivity contribution in [1.82, 2.24) is 0 Å². The molecule has 0 amide bonds. The molecule has 0 spiro atoms. The summed E-state index contributed by atoms with van der Waals surface area (Å²) in [5.74, 6) is 0.481. The molecule has 1 atom stereocenters. The second-order valence-corrected chi connectivity index (χ2v) is 4.45. The summed E-state index contributed by atoms with van der Waals surface area (Å²) in [6.07, 6.45) is 7.67. The van der Waals surface area contributed by atoms with Gasteiger partial charge in [-0.05, 0) is 41.0 Å². The van der Waals surface area contributed by atoms with Gasteiger partial charge in [-0.3, -0.25) is 4.99 Å². The molecule has 0 radical (unpaired) electrons. The first-order valence-electron chi connectivity index (χ1n) is 5.56. The van der Waals surface area contributed by atoms with Gasteiger partial charge in [0.2, 0.25) is 0 Å². The minimum Gasteiger partial charge on any atom is -0.263 e. The van der Waals surface area contributed by atoms with Crippen molar-refractivity contribution in [2.45, 2.75) is 41.0 Å². The first-order chi connectivity index (χ1) is 7.04. The Morgan fingerprint density at radius 1 is 1.33 bits per heavy atom. The van der Waals surface area contributed by atoms with Crippen molar-refractivity contribution in [3.8, 4) is 0 Å². The van der Waals surface area contributed by atoms with Gasteiger partial charge in [-0.1, -0.05) is 29.4 Å². The third-order valence-corrected chi connectivity index (χ3v) is 2.71. The van der Waals surface area contributed by atoms with Crippen LogP contribution in [0.2, 0.25) is 0 Å². The standard InChI is InChI=1S/C14H21N/c1-6-14(15-10(2)3)13-9-11(4)7-8-12(13)5/h6-8,13H,9H2,1-5H3/b14-6-. The summed E-state index contributed by atoms with van der Waals surface area (Å²) in [7, 11) is 0. The van der Waals surface area contributed by atoms with Crippen molar-refractivity contribution in [3.05, 3.63) is 35.1 Å². The first kappa shape index (κ1) is 12.0. The molecular weight excluding hydrogens is 182 g/mol. The minimum absolute atomic E-state index is 0.481. The van der Waals surface area contributed by atoms with Crippen LogP contribution in [0, 0.1) is 5.92 Å². The topological polar surface area (TPSA) is 12.4 Å². The highest BCUT2D eigenvalue weighted by atomic mass is 14.8. The Morgan fingerprint density at radius 3 is 2.53 bits per heavy atom. The lowest BCUT2D eigenvalue weighted by molar-refractivity contribution is 0.681. The molecule has 0 aromatic carbocycles. The van der Waals surface area contributed by atoms with E-state index in [4.69, 9.17) is 0 Å². The monoisotopic (exact) mass is 203 g/mol. The van der Waals surface area contributed by atoms with Crippen molar-refractivity contribution in [2.24, 2.45) is 10.9 Å². The Bertz CT molecular complexity index is 350. The highest BCUT2D eigenvalue weighted by Gasteiger charge is 2.18. The summed E-state index contributed by atoms with van der Waals surface area (Å²) in [5, 5.41) is 0. The number of nitrogens with zero attached hydrogens (tertiary/aromatic N) is 1. The zero-order valence-corrected chi connectivity index (χ0v) is 10.5. The van der Waals surface area contributed by atoms with Gasteiger partial charge >= 0.3 is 0 Å². The molecule has 82 valence electrons. The number of rotatable bonds is 2. The molecule has 0 aromatic rings. The van der Waals surface area contributed by atoms with Crippen LogP contribution in [0.25, 0.3) is 0 Å². The van der Waals surface area contributed by atoms with E-state index in [0.29, 0.717) is 5.92 Å². The molecule has 0 fully saturated rings. The molecule has 1 nitrogen and oxygen atoms in total. The SMILES string of the molecule is C/C=C(\N=C(C)C)C1CC(C)=CC=C1C. The van der Waals surface area contributed by atoms with E-state index >= 15 is 0 Å². The van der Waals surface area contributed by atoms with Crippen LogP contribution in [0.3, 0.4) is 0 Å². The molecule has 0 saturated heterocycles. The fourth-order valence-electron chi connectivity index (χ4n) is 1.88. The maximum absolute atomic E-state index is 4.61. The van der Waals surface area contributed by atoms with E-state index in [1.54, 1.807) is 0 Å². The van der Waals surface area contributed by atoms with Gasteiger partial charge in [0.25, 0.3) is 0 Å². The number of hydrogen-bond acceptors (Lipinski definition) is 1. The van der Waals surface area contributed by atoms with Gasteiger partial charge in [0, 0.05) is 17.3 Å². The Labute approximate surface area is 93.3 Å². The van der Waals surface area contributed by atoms with Crippen LogP contribution in [0.1, 0.15) is 41.0 Å². The zero-order chi connectivity index (χ0) is 11.4. The van der Waals surface area contributed by atoms with Crippen molar-refractivity contribution < 1.29 is 0 Å². The second kappa shape index (κ2) is 5.11. The minimum atomic E-state index is 0.481. The van der Waals surface area contributed by atoms with Gasteiger partial charge in [0.05, 0.1) is 0 Å². The first-order valence-corrected chi connectivity index (χ1v) is 5.56. The Balaban J connectivity index is 2.94. The lowest BCUT2D eigenvalue weighted by atomic mass is 9.86. The van der Waals surface area contributed by atoms with E-state index in [1.807, 2.05) is 13.8 Å². The normalized spacial score (nSPS) is 21.9. The van der Waals surface area contributed by atoms with Gasteiger partial charge in [0.15, 0.2) is 0 Å². The maximum Gasteiger partial charge on any atom is 0.0434 e. The van der Waals surface area contributed by atoms with Crippen LogP contribution in [0.15, 0.2) is 40.1 Å². The van der Waals surface area contributed by atoms with Gasteiger partial charge < -0.3 is 0 Å². The molecule has 0 N–H and O–H groups in total. The van der Waals surface area contributed by atoms with Gasteiger partial charge in [0.1, 0.15) is 0 Å². The molecular formula is C14H21N. The van der Waals surface area contributed by atoms with Crippen LogP contribution in [0.5, 0.6) is 0 Å².